The van der Waals surface area contributed by atoms with E-state index in [0.29, 0.717) is 19.5 Å². The molecule has 0 amide bonds. The normalized spacial score (nSPS) is 12.0. The second kappa shape index (κ2) is 13.9. The Bertz CT molecular complexity index is 335. The number of halogens is 4. The summed E-state index contributed by atoms with van der Waals surface area (Å²) >= 11 is 0. The first-order valence-corrected chi connectivity index (χ1v) is 7.65. The van der Waals surface area contributed by atoms with E-state index < -0.39 is 12.7 Å². The van der Waals surface area contributed by atoms with Gasteiger partial charge in [-0.3, -0.25) is 9.89 Å². The third-order valence-electron chi connectivity index (χ3n) is 3.01. The lowest BCUT2D eigenvalue weighted by atomic mass is 10.3. The monoisotopic (exact) mass is 450 g/mol. The minimum Gasteiger partial charge on any atom is -0.357 e. The number of unbranched alkanes of at least 4 members (excludes halogenated alkanes) is 1. The first-order valence-electron chi connectivity index (χ1n) is 7.65. The molecule has 138 valence electrons. The molecule has 0 rings (SSSR count). The van der Waals surface area contributed by atoms with Crippen molar-refractivity contribution in [1.29, 1.82) is 0 Å². The van der Waals surface area contributed by atoms with Gasteiger partial charge in [-0.2, -0.15) is 13.2 Å². The SMILES string of the molecule is C=CCCCN(C)C(=NCCCN(C)CC(F)(F)F)NCC.I. The predicted molar refractivity (Wildman–Crippen MR) is 102 cm³/mol. The molecule has 0 aliphatic rings. The highest BCUT2D eigenvalue weighted by Crippen LogP contribution is 2.15. The van der Waals surface area contributed by atoms with E-state index in [4.69, 9.17) is 0 Å². The summed E-state index contributed by atoms with van der Waals surface area (Å²) in [5.74, 6) is 0.796. The lowest BCUT2D eigenvalue weighted by Crippen LogP contribution is -2.39. The summed E-state index contributed by atoms with van der Waals surface area (Å²) in [4.78, 5) is 7.77. The van der Waals surface area contributed by atoms with Crippen LogP contribution >= 0.6 is 24.0 Å². The number of nitrogens with one attached hydrogen (secondary N) is 1. The molecule has 0 aliphatic carbocycles. The van der Waals surface area contributed by atoms with E-state index >= 15 is 0 Å². The van der Waals surface area contributed by atoms with Gasteiger partial charge in [-0.05, 0) is 39.8 Å². The summed E-state index contributed by atoms with van der Waals surface area (Å²) < 4.78 is 36.6. The highest BCUT2D eigenvalue weighted by molar-refractivity contribution is 14.0. The number of aliphatic imine (C=N–C) groups is 1. The number of alkyl halides is 3. The first-order chi connectivity index (χ1) is 10.3. The fourth-order valence-corrected chi connectivity index (χ4v) is 1.96. The summed E-state index contributed by atoms with van der Waals surface area (Å²) in [6, 6.07) is 0. The van der Waals surface area contributed by atoms with Gasteiger partial charge in [0.1, 0.15) is 0 Å². The number of hydrogen-bond donors (Lipinski definition) is 1. The Morgan fingerprint density at radius 1 is 1.22 bits per heavy atom. The van der Waals surface area contributed by atoms with Crippen LogP contribution in [0, 0.1) is 0 Å². The van der Waals surface area contributed by atoms with Crippen LogP contribution in [-0.2, 0) is 0 Å². The van der Waals surface area contributed by atoms with E-state index in [-0.39, 0.29) is 24.0 Å². The van der Waals surface area contributed by atoms with Crippen LogP contribution in [0.25, 0.3) is 0 Å². The Labute approximate surface area is 155 Å². The number of rotatable bonds is 10. The van der Waals surface area contributed by atoms with E-state index in [1.54, 1.807) is 0 Å². The molecule has 4 nitrogen and oxygen atoms in total. The average molecular weight is 450 g/mol. The number of allylic oxidation sites excluding steroid dienone is 1. The zero-order valence-electron chi connectivity index (χ0n) is 14.3. The minimum atomic E-state index is -4.14. The van der Waals surface area contributed by atoms with Crippen LogP contribution in [0.1, 0.15) is 26.2 Å². The van der Waals surface area contributed by atoms with Gasteiger partial charge in [0.05, 0.1) is 6.54 Å². The van der Waals surface area contributed by atoms with Crippen molar-refractivity contribution in [3.63, 3.8) is 0 Å². The number of hydrogen-bond acceptors (Lipinski definition) is 2. The quantitative estimate of drug-likeness (QED) is 0.182. The van der Waals surface area contributed by atoms with Crippen LogP contribution in [0.2, 0.25) is 0 Å². The summed E-state index contributed by atoms with van der Waals surface area (Å²) in [6.45, 7) is 7.32. The second-order valence-electron chi connectivity index (χ2n) is 5.29. The molecule has 8 heteroatoms. The van der Waals surface area contributed by atoms with E-state index in [2.05, 4.69) is 16.9 Å². The van der Waals surface area contributed by atoms with Crippen LogP contribution in [-0.4, -0.2) is 68.8 Å². The zero-order chi connectivity index (χ0) is 17.0. The minimum absolute atomic E-state index is 0. The van der Waals surface area contributed by atoms with Crippen molar-refractivity contribution in [2.75, 3.05) is 46.8 Å². The Balaban J connectivity index is 0. The molecule has 0 spiro atoms. The second-order valence-corrected chi connectivity index (χ2v) is 5.29. The molecule has 0 aromatic carbocycles. The van der Waals surface area contributed by atoms with Gasteiger partial charge in [0.2, 0.25) is 0 Å². The maximum Gasteiger partial charge on any atom is 0.401 e. The third kappa shape index (κ3) is 14.8. The molecule has 1 N–H and O–H groups in total. The van der Waals surface area contributed by atoms with Crippen molar-refractivity contribution in [3.8, 4) is 0 Å². The lowest BCUT2D eigenvalue weighted by molar-refractivity contribution is -0.143. The molecule has 0 bridgehead atoms. The van der Waals surface area contributed by atoms with Gasteiger partial charge in [-0.15, -0.1) is 30.6 Å². The molecule has 0 saturated heterocycles. The van der Waals surface area contributed by atoms with Crippen LogP contribution in [0.5, 0.6) is 0 Å². The Kier molecular flexibility index (Phi) is 14.9. The van der Waals surface area contributed by atoms with Gasteiger partial charge in [0.25, 0.3) is 0 Å². The molecule has 0 saturated carbocycles. The highest BCUT2D eigenvalue weighted by atomic mass is 127. The molecule has 0 unspecified atom stereocenters. The predicted octanol–water partition coefficient (Wildman–Crippen LogP) is 3.35. The molecule has 0 fully saturated rings. The largest absolute Gasteiger partial charge is 0.401 e. The standard InChI is InChI=1S/C15H29F3N4.HI/c1-5-7-8-12-22(4)14(19-6-2)20-10-9-11-21(3)13-15(16,17)18;/h5H,1,6-13H2,2-4H3,(H,19,20);1H. The van der Waals surface area contributed by atoms with E-state index in [1.807, 2.05) is 24.9 Å². The van der Waals surface area contributed by atoms with Gasteiger partial charge in [-0.1, -0.05) is 6.08 Å². The van der Waals surface area contributed by atoms with Crippen LogP contribution < -0.4 is 5.32 Å². The van der Waals surface area contributed by atoms with Crippen molar-refractivity contribution in [2.45, 2.75) is 32.4 Å². The highest BCUT2D eigenvalue weighted by Gasteiger charge is 2.28. The topological polar surface area (TPSA) is 30.9 Å². The molecule has 23 heavy (non-hydrogen) atoms. The molecule has 0 aliphatic heterocycles. The summed E-state index contributed by atoms with van der Waals surface area (Å²) in [5.41, 5.74) is 0. The number of guanidine groups is 1. The average Bonchev–Trinajstić information content (AvgIpc) is 2.40. The fourth-order valence-electron chi connectivity index (χ4n) is 1.96. The molecule has 0 atom stereocenters. The summed E-state index contributed by atoms with van der Waals surface area (Å²) in [7, 11) is 3.43. The van der Waals surface area contributed by atoms with Gasteiger partial charge in [-0.25, -0.2) is 0 Å². The molecule has 0 radical (unpaired) electrons. The van der Waals surface area contributed by atoms with Crippen molar-refractivity contribution >= 4 is 29.9 Å². The summed E-state index contributed by atoms with van der Waals surface area (Å²) in [6.07, 6.45) is 0.291. The van der Waals surface area contributed by atoms with Crippen molar-refractivity contribution < 1.29 is 13.2 Å². The van der Waals surface area contributed by atoms with Crippen LogP contribution in [0.3, 0.4) is 0 Å². The third-order valence-corrected chi connectivity index (χ3v) is 3.01. The van der Waals surface area contributed by atoms with E-state index in [0.717, 1.165) is 31.9 Å². The van der Waals surface area contributed by atoms with Crippen LogP contribution in [0.4, 0.5) is 13.2 Å². The number of nitrogens with zero attached hydrogens (tertiary/aromatic N) is 3. The lowest BCUT2D eigenvalue weighted by Gasteiger charge is -2.22. The van der Waals surface area contributed by atoms with Gasteiger partial charge in [0.15, 0.2) is 5.96 Å². The van der Waals surface area contributed by atoms with E-state index in [9.17, 15) is 13.2 Å². The molecular weight excluding hydrogens is 420 g/mol. The fraction of sp³-hybridized carbons (Fsp3) is 0.800. The molecular formula is C15H30F3IN4. The van der Waals surface area contributed by atoms with Crippen molar-refractivity contribution in [1.82, 2.24) is 15.1 Å². The van der Waals surface area contributed by atoms with E-state index in [1.165, 1.54) is 11.9 Å². The molecule has 0 aromatic heterocycles. The maximum absolute atomic E-state index is 12.2. The van der Waals surface area contributed by atoms with Gasteiger partial charge < -0.3 is 10.2 Å². The van der Waals surface area contributed by atoms with Crippen molar-refractivity contribution in [3.05, 3.63) is 12.7 Å². The Morgan fingerprint density at radius 2 is 1.87 bits per heavy atom. The van der Waals surface area contributed by atoms with Crippen molar-refractivity contribution in [2.24, 2.45) is 4.99 Å². The van der Waals surface area contributed by atoms with Crippen LogP contribution in [0.15, 0.2) is 17.6 Å². The molecule has 0 heterocycles. The Hall–Kier alpha value is -0.510. The smallest absolute Gasteiger partial charge is 0.357 e. The van der Waals surface area contributed by atoms with Gasteiger partial charge in [0, 0.05) is 26.7 Å². The summed E-state index contributed by atoms with van der Waals surface area (Å²) in [5, 5.41) is 3.19. The van der Waals surface area contributed by atoms with Gasteiger partial charge >= 0.3 is 6.18 Å². The zero-order valence-corrected chi connectivity index (χ0v) is 16.7. The Morgan fingerprint density at radius 3 is 2.39 bits per heavy atom. The first kappa shape index (κ1) is 24.7. The molecule has 0 aromatic rings. The maximum atomic E-state index is 12.2.